The van der Waals surface area contributed by atoms with E-state index in [4.69, 9.17) is 0 Å². The molecule has 0 aliphatic carbocycles. The largest absolute Gasteiger partial charge is 0.348 e. The van der Waals surface area contributed by atoms with Crippen LogP contribution in [0.1, 0.15) is 16.7 Å². The molecular weight excluding hydrogens is 623 g/mol. The lowest BCUT2D eigenvalue weighted by Crippen LogP contribution is -2.70. The van der Waals surface area contributed by atoms with Crippen LogP contribution in [0.15, 0.2) is 158 Å². The Morgan fingerprint density at radius 2 is 1.16 bits per heavy atom. The predicted octanol–water partition coefficient (Wildman–Crippen LogP) is 9.34. The molecule has 5 nitrogen and oxygen atoms in total. The van der Waals surface area contributed by atoms with Gasteiger partial charge in [0.05, 0.1) is 45.4 Å². The van der Waals surface area contributed by atoms with Crippen LogP contribution >= 0.6 is 0 Å². The van der Waals surface area contributed by atoms with Crippen molar-refractivity contribution in [2.24, 2.45) is 0 Å². The second-order valence-electron chi connectivity index (χ2n) is 14.5. The molecule has 4 aliphatic rings. The topological polar surface area (TPSA) is 20.2 Å². The highest BCUT2D eigenvalue weighted by Crippen LogP contribution is 2.62. The first-order valence-corrected chi connectivity index (χ1v) is 17.8. The van der Waals surface area contributed by atoms with Crippen LogP contribution in [0.5, 0.6) is 0 Å². The van der Waals surface area contributed by atoms with Crippen LogP contribution in [-0.4, -0.2) is 27.2 Å². The summed E-state index contributed by atoms with van der Waals surface area (Å²) >= 11 is 0. The third-order valence-corrected chi connectivity index (χ3v) is 12.3. The molecule has 5 heteroatoms. The van der Waals surface area contributed by atoms with Gasteiger partial charge in [-0.25, -0.2) is 4.57 Å². The van der Waals surface area contributed by atoms with E-state index >= 15 is 0 Å². The lowest BCUT2D eigenvalue weighted by Gasteiger charge is -2.43. The molecule has 1 spiro atoms. The van der Waals surface area contributed by atoms with Crippen molar-refractivity contribution in [3.05, 3.63) is 175 Å². The van der Waals surface area contributed by atoms with Gasteiger partial charge in [0, 0.05) is 40.9 Å². The standard InChI is InChI=1S/C46H30N5/c1-47-39(30-23-21-29(22-24-30)28-12-3-2-4-13-28)27-48-37-18-11-19-38-41(37)46(45(47)48)42-43-33(31-14-5-7-16-35(31)50(38)43)26-34-32-15-6-8-17-36(32)51(44(34)42)40-20-9-10-25-49(40)46/h2-27,45H,1H3/q+1. The van der Waals surface area contributed by atoms with Gasteiger partial charge in [-0.3, -0.25) is 0 Å². The highest BCUT2D eigenvalue weighted by molar-refractivity contribution is 6.22. The van der Waals surface area contributed by atoms with Crippen molar-refractivity contribution in [2.75, 3.05) is 11.9 Å². The van der Waals surface area contributed by atoms with Gasteiger partial charge in [-0.1, -0.05) is 97.1 Å². The molecule has 0 bridgehead atoms. The van der Waals surface area contributed by atoms with Crippen molar-refractivity contribution in [3.63, 3.8) is 0 Å². The first-order chi connectivity index (χ1) is 25.2. The van der Waals surface area contributed by atoms with E-state index in [1.165, 1.54) is 94.3 Å². The van der Waals surface area contributed by atoms with Crippen LogP contribution in [0.25, 0.3) is 71.9 Å². The van der Waals surface area contributed by atoms with Crippen molar-refractivity contribution < 1.29 is 4.57 Å². The number of rotatable bonds is 2. The molecule has 0 radical (unpaired) electrons. The summed E-state index contributed by atoms with van der Waals surface area (Å²) < 4.78 is 7.72. The number of fused-ring (bicyclic) bond motifs is 11. The molecule has 0 amide bonds. The summed E-state index contributed by atoms with van der Waals surface area (Å²) in [6, 6.07) is 53.9. The van der Waals surface area contributed by atoms with Crippen LogP contribution in [-0.2, 0) is 5.54 Å². The van der Waals surface area contributed by atoms with E-state index in [0.29, 0.717) is 0 Å². The maximum atomic E-state index is 2.61. The smallest absolute Gasteiger partial charge is 0.288 e. The van der Waals surface area contributed by atoms with E-state index in [-0.39, 0.29) is 6.17 Å². The summed E-state index contributed by atoms with van der Waals surface area (Å²) in [4.78, 5) is 5.12. The van der Waals surface area contributed by atoms with Crippen molar-refractivity contribution in [2.45, 2.75) is 11.7 Å². The molecule has 6 aromatic carbocycles. The van der Waals surface area contributed by atoms with Crippen molar-refractivity contribution >= 4 is 55.0 Å². The van der Waals surface area contributed by atoms with Gasteiger partial charge in [0.2, 0.25) is 5.54 Å². The van der Waals surface area contributed by atoms with Crippen LogP contribution in [0.2, 0.25) is 0 Å². The minimum absolute atomic E-state index is 0.0316. The SMILES string of the molecule is CN1C(c2ccc(-c3ccccc3)cc2)=CN2c3cccc4c3C3(c5c6c(cc7c8ccccc8n(c57)-c5cccc[n+]53)c3ccccc3n6-4)C12. The normalized spacial score (nSPS) is 19.0. The Morgan fingerprint density at radius 1 is 0.529 bits per heavy atom. The maximum Gasteiger partial charge on any atom is 0.288 e. The number of hydrogen-bond acceptors (Lipinski definition) is 2. The molecule has 0 saturated carbocycles. The van der Waals surface area contributed by atoms with E-state index in [2.05, 4.69) is 189 Å². The van der Waals surface area contributed by atoms with Crippen molar-refractivity contribution in [3.8, 4) is 22.6 Å². The fraction of sp³-hybridized carbons (Fsp3) is 0.0652. The van der Waals surface area contributed by atoms with Crippen LogP contribution in [0, 0.1) is 0 Å². The molecule has 4 aliphatic heterocycles. The molecule has 0 saturated heterocycles. The molecule has 238 valence electrons. The Bertz CT molecular complexity index is 3040. The highest BCUT2D eigenvalue weighted by atomic mass is 15.5. The van der Waals surface area contributed by atoms with Gasteiger partial charge in [0.1, 0.15) is 5.52 Å². The lowest BCUT2D eigenvalue weighted by atomic mass is 9.75. The summed E-state index contributed by atoms with van der Waals surface area (Å²) in [5.74, 6) is 1.19. The van der Waals surface area contributed by atoms with Gasteiger partial charge in [0.25, 0.3) is 5.82 Å². The number of anilines is 1. The van der Waals surface area contributed by atoms with Gasteiger partial charge < -0.3 is 14.4 Å². The van der Waals surface area contributed by atoms with E-state index in [0.717, 1.165) is 0 Å². The summed E-state index contributed by atoms with van der Waals surface area (Å²) in [7, 11) is 2.30. The lowest BCUT2D eigenvalue weighted by molar-refractivity contribution is -0.743. The van der Waals surface area contributed by atoms with Crippen LogP contribution < -0.4 is 9.47 Å². The number of para-hydroxylation sites is 2. The Labute approximate surface area is 293 Å². The van der Waals surface area contributed by atoms with E-state index in [1.54, 1.807) is 0 Å². The molecule has 13 rings (SSSR count). The third-order valence-electron chi connectivity index (χ3n) is 12.3. The molecule has 2 atom stereocenters. The molecule has 7 heterocycles. The second-order valence-corrected chi connectivity index (χ2v) is 14.5. The monoisotopic (exact) mass is 652 g/mol. The molecule has 3 aromatic heterocycles. The average molecular weight is 653 g/mol. The Morgan fingerprint density at radius 3 is 1.94 bits per heavy atom. The Hall–Kier alpha value is -6.59. The minimum Gasteiger partial charge on any atom is -0.348 e. The second kappa shape index (κ2) is 8.76. The average Bonchev–Trinajstić information content (AvgIpc) is 3.91. The first-order valence-electron chi connectivity index (χ1n) is 17.8. The number of benzene rings is 6. The predicted molar refractivity (Wildman–Crippen MR) is 205 cm³/mol. The third kappa shape index (κ3) is 2.82. The molecule has 2 unspecified atom stereocenters. The number of hydrogen-bond donors (Lipinski definition) is 0. The summed E-state index contributed by atoms with van der Waals surface area (Å²) in [6.07, 6.45) is 4.71. The molecule has 9 aromatic rings. The quantitative estimate of drug-likeness (QED) is 0.174. The van der Waals surface area contributed by atoms with E-state index in [9.17, 15) is 0 Å². The molecule has 0 N–H and O–H groups in total. The van der Waals surface area contributed by atoms with E-state index in [1.807, 2.05) is 0 Å². The Balaban J connectivity index is 1.18. The highest BCUT2D eigenvalue weighted by Gasteiger charge is 2.67. The first kappa shape index (κ1) is 26.3. The van der Waals surface area contributed by atoms with Crippen LogP contribution in [0.3, 0.4) is 0 Å². The number of pyridine rings is 1. The minimum atomic E-state index is -0.536. The molecular formula is C46H30N5+. The molecule has 0 fully saturated rings. The van der Waals surface area contributed by atoms with Gasteiger partial charge in [0.15, 0.2) is 11.7 Å². The Kier molecular flexibility index (Phi) is 4.52. The fourth-order valence-corrected chi connectivity index (χ4v) is 10.4. The number of aromatic nitrogens is 3. The number of nitrogens with zero attached hydrogens (tertiary/aromatic N) is 5. The van der Waals surface area contributed by atoms with Gasteiger partial charge in [-0.2, -0.15) is 4.57 Å². The summed E-state index contributed by atoms with van der Waals surface area (Å²) in [5.41, 5.74) is 14.8. The zero-order valence-electron chi connectivity index (χ0n) is 27.8. The summed E-state index contributed by atoms with van der Waals surface area (Å²) in [6.45, 7) is 0. The van der Waals surface area contributed by atoms with Gasteiger partial charge in [-0.15, -0.1) is 0 Å². The van der Waals surface area contributed by atoms with Crippen molar-refractivity contribution in [1.29, 1.82) is 0 Å². The maximum absolute atomic E-state index is 2.61. The van der Waals surface area contributed by atoms with Crippen LogP contribution in [0.4, 0.5) is 5.69 Å². The molecule has 51 heavy (non-hydrogen) atoms. The van der Waals surface area contributed by atoms with E-state index < -0.39 is 5.54 Å². The zero-order valence-corrected chi connectivity index (χ0v) is 27.8. The van der Waals surface area contributed by atoms with Gasteiger partial charge in [-0.05, 0) is 59.2 Å². The summed E-state index contributed by atoms with van der Waals surface area (Å²) in [5, 5.41) is 5.22. The fourth-order valence-electron chi connectivity index (χ4n) is 10.4. The van der Waals surface area contributed by atoms with Gasteiger partial charge >= 0.3 is 0 Å². The van der Waals surface area contributed by atoms with Crippen molar-refractivity contribution in [1.82, 2.24) is 14.0 Å². The zero-order chi connectivity index (χ0) is 33.2. The number of likely N-dealkylation sites (N-methyl/N-ethyl adjacent to an activating group) is 1.